The van der Waals surface area contributed by atoms with E-state index in [0.29, 0.717) is 18.8 Å². The predicted octanol–water partition coefficient (Wildman–Crippen LogP) is 4.90. The zero-order valence-corrected chi connectivity index (χ0v) is 21.6. The molecule has 0 radical (unpaired) electrons. The monoisotopic (exact) mass is 546 g/mol. The van der Waals surface area contributed by atoms with E-state index in [0.717, 1.165) is 64.2 Å². The second-order valence-electron chi connectivity index (χ2n) is 9.43. The second kappa shape index (κ2) is 13.5. The van der Waals surface area contributed by atoms with Gasteiger partial charge in [-0.05, 0) is 42.0 Å². The van der Waals surface area contributed by atoms with Crippen LogP contribution in [0.4, 0.5) is 0 Å². The molecule has 194 valence electrons. The van der Waals surface area contributed by atoms with E-state index < -0.39 is 5.76 Å². The van der Waals surface area contributed by atoms with Gasteiger partial charge in [0, 0.05) is 17.5 Å². The summed E-state index contributed by atoms with van der Waals surface area (Å²) in [6.45, 7) is 4.56. The Labute approximate surface area is 269 Å². The van der Waals surface area contributed by atoms with E-state index >= 15 is 0 Å². The average Bonchev–Trinajstić information content (AvgIpc) is 3.38. The summed E-state index contributed by atoms with van der Waals surface area (Å²) in [6, 6.07) is 25.9. The van der Waals surface area contributed by atoms with E-state index in [1.807, 2.05) is 85.8 Å². The van der Waals surface area contributed by atoms with Gasteiger partial charge in [-0.15, -0.1) is 0 Å². The van der Waals surface area contributed by atoms with Crippen LogP contribution in [0.3, 0.4) is 0 Å². The minimum absolute atomic E-state index is 0. The van der Waals surface area contributed by atoms with Crippen molar-refractivity contribution in [3.63, 3.8) is 0 Å². The van der Waals surface area contributed by atoms with Crippen LogP contribution in [0.5, 0.6) is 0 Å². The number of rotatable bonds is 9. The molecule has 0 bridgehead atoms. The Hall–Kier alpha value is -2.88. The zero-order valence-electron chi connectivity index (χ0n) is 21.6. The van der Waals surface area contributed by atoms with Gasteiger partial charge in [0.15, 0.2) is 5.82 Å². The third-order valence-corrected chi connectivity index (χ3v) is 6.76. The summed E-state index contributed by atoms with van der Waals surface area (Å²) in [4.78, 5) is 32.8. The molecule has 0 atom stereocenters. The van der Waals surface area contributed by atoms with Crippen molar-refractivity contribution in [3.05, 3.63) is 128 Å². The molecule has 39 heavy (non-hydrogen) atoms. The van der Waals surface area contributed by atoms with Crippen molar-refractivity contribution >= 4 is 51.4 Å². The number of hydrogen-bond donors (Lipinski definition) is 1. The van der Waals surface area contributed by atoms with E-state index in [1.54, 1.807) is 4.57 Å². The maximum atomic E-state index is 13.8. The second-order valence-corrected chi connectivity index (χ2v) is 9.43. The van der Waals surface area contributed by atoms with Gasteiger partial charge >= 0.3 is 57.1 Å². The van der Waals surface area contributed by atoms with Crippen molar-refractivity contribution in [1.82, 2.24) is 19.7 Å². The zero-order chi connectivity index (χ0) is 26.5. The first-order valence-electron chi connectivity index (χ1n) is 12.9. The van der Waals surface area contributed by atoms with E-state index in [2.05, 4.69) is 17.1 Å². The molecule has 3 aromatic carbocycles. The quantitative estimate of drug-likeness (QED) is 0.266. The van der Waals surface area contributed by atoms with Crippen LogP contribution >= 0.6 is 0 Å². The van der Waals surface area contributed by atoms with Crippen LogP contribution in [-0.2, 0) is 19.4 Å². The molecule has 0 saturated carbocycles. The van der Waals surface area contributed by atoms with Gasteiger partial charge < -0.3 is 0 Å². The predicted molar refractivity (Wildman–Crippen MR) is 155 cm³/mol. The van der Waals surface area contributed by atoms with E-state index in [4.69, 9.17) is 9.51 Å². The average molecular weight is 547 g/mol. The van der Waals surface area contributed by atoms with Gasteiger partial charge in [-0.1, -0.05) is 97.4 Å². The van der Waals surface area contributed by atoms with E-state index in [-0.39, 0.29) is 56.9 Å². The number of aryl methyl sites for hydroxylation is 2. The normalized spacial score (nSPS) is 10.8. The van der Waals surface area contributed by atoms with E-state index in [9.17, 15) is 9.59 Å². The summed E-state index contributed by atoms with van der Waals surface area (Å²) in [5.74, 6) is 0.542. The number of unbranched alkanes of at least 4 members (excludes halogenated alkanes) is 1. The molecule has 0 saturated heterocycles. The van der Waals surface area contributed by atoms with Crippen LogP contribution in [0.25, 0.3) is 22.5 Å². The van der Waals surface area contributed by atoms with Gasteiger partial charge in [0.1, 0.15) is 5.82 Å². The molecule has 0 aliphatic carbocycles. The van der Waals surface area contributed by atoms with Gasteiger partial charge in [0.25, 0.3) is 5.56 Å². The van der Waals surface area contributed by atoms with Crippen molar-refractivity contribution in [2.75, 3.05) is 0 Å². The number of nitrogens with zero attached hydrogens (tertiary/aromatic N) is 3. The molecule has 5 rings (SSSR count). The first-order valence-corrected chi connectivity index (χ1v) is 12.9. The Morgan fingerprint density at radius 1 is 0.872 bits per heavy atom. The third-order valence-electron chi connectivity index (χ3n) is 6.76. The Morgan fingerprint density at radius 3 is 2.23 bits per heavy atom. The minimum atomic E-state index is -0.589. The number of hydrogen-bond acceptors (Lipinski definition) is 5. The number of aromatic nitrogens is 4. The van der Waals surface area contributed by atoms with Gasteiger partial charge in [-0.3, -0.25) is 18.9 Å². The number of H-pyrrole nitrogens is 1. The maximum absolute atomic E-state index is 13.8. The summed E-state index contributed by atoms with van der Waals surface area (Å²) >= 11 is 0. The molecule has 8 heteroatoms. The molecule has 0 aliphatic heterocycles. The molecule has 7 nitrogen and oxygen atoms in total. The molecule has 2 aromatic heterocycles. The molecular weight excluding hydrogens is 515 g/mol. The standard InChI is InChI=1S/C31H30N4O3.K.H/c1-3-4-14-28-27(30(36)35(21(2)32-28)20-23-10-6-5-7-11-23)19-22-15-17-24(18-16-22)25-12-8-9-13-26(25)29-33-31(37)38-34-29;;/h5-13,15-18H,3-4,14,19-20H2,1-2H3,(H,33,34,37);;. The summed E-state index contributed by atoms with van der Waals surface area (Å²) in [5.41, 5.74) is 6.46. The topological polar surface area (TPSA) is 93.8 Å². The summed E-state index contributed by atoms with van der Waals surface area (Å²) in [6.07, 6.45) is 3.33. The SMILES string of the molecule is CCCCc1nc(C)n(Cc2ccccc2)c(=O)c1Cc1ccc(-c2ccccc2-c2noc(=O)[nH]2)cc1.[KH]. The Bertz CT molecular complexity index is 1650. The van der Waals surface area contributed by atoms with Crippen LogP contribution in [0.1, 0.15) is 48.0 Å². The Balaban J connectivity index is 0.00000353. The van der Waals surface area contributed by atoms with Crippen molar-refractivity contribution in [3.8, 4) is 22.5 Å². The van der Waals surface area contributed by atoms with Crippen LogP contribution in [0.2, 0.25) is 0 Å². The first-order chi connectivity index (χ1) is 18.5. The summed E-state index contributed by atoms with van der Waals surface area (Å²) < 4.78 is 6.48. The van der Waals surface area contributed by atoms with Gasteiger partial charge in [-0.25, -0.2) is 9.78 Å². The number of nitrogens with one attached hydrogen (secondary N) is 1. The van der Waals surface area contributed by atoms with Crippen molar-refractivity contribution in [2.24, 2.45) is 0 Å². The molecule has 0 fully saturated rings. The Kier molecular flexibility index (Phi) is 10.0. The van der Waals surface area contributed by atoms with Crippen molar-refractivity contribution in [1.29, 1.82) is 0 Å². The fourth-order valence-electron chi connectivity index (χ4n) is 4.73. The molecule has 0 spiro atoms. The molecule has 5 aromatic rings. The first kappa shape index (κ1) is 29.1. The number of benzene rings is 3. The fourth-order valence-corrected chi connectivity index (χ4v) is 4.73. The third kappa shape index (κ3) is 6.83. The van der Waals surface area contributed by atoms with Gasteiger partial charge in [0.2, 0.25) is 0 Å². The molecule has 2 heterocycles. The fraction of sp³-hybridized carbons (Fsp3) is 0.226. The van der Waals surface area contributed by atoms with Gasteiger partial charge in [-0.2, -0.15) is 0 Å². The molecule has 0 aliphatic rings. The van der Waals surface area contributed by atoms with E-state index in [1.165, 1.54) is 0 Å². The molecule has 0 unspecified atom stereocenters. The van der Waals surface area contributed by atoms with Crippen LogP contribution in [0, 0.1) is 6.92 Å². The van der Waals surface area contributed by atoms with Crippen LogP contribution in [-0.4, -0.2) is 71.1 Å². The van der Waals surface area contributed by atoms with Crippen LogP contribution in [0.15, 0.2) is 93.0 Å². The van der Waals surface area contributed by atoms with Crippen molar-refractivity contribution in [2.45, 2.75) is 46.1 Å². The molecule has 1 N–H and O–H groups in total. The summed E-state index contributed by atoms with van der Waals surface area (Å²) in [5, 5.41) is 3.85. The molecular formula is C31H31KN4O3. The Morgan fingerprint density at radius 2 is 1.56 bits per heavy atom. The number of aromatic amines is 1. The van der Waals surface area contributed by atoms with Crippen molar-refractivity contribution < 1.29 is 4.52 Å². The molecule has 0 amide bonds. The van der Waals surface area contributed by atoms with Crippen LogP contribution < -0.4 is 11.3 Å². The van der Waals surface area contributed by atoms with Gasteiger partial charge in [0.05, 0.1) is 12.2 Å². The summed E-state index contributed by atoms with van der Waals surface area (Å²) in [7, 11) is 0.